The number of aryl methyl sites for hydroxylation is 1. The van der Waals surface area contributed by atoms with Gasteiger partial charge in [0.25, 0.3) is 5.56 Å². The Morgan fingerprint density at radius 3 is 2.53 bits per heavy atom. The van der Waals surface area contributed by atoms with E-state index in [1.165, 1.54) is 4.88 Å². The van der Waals surface area contributed by atoms with E-state index in [-0.39, 0.29) is 5.56 Å². The summed E-state index contributed by atoms with van der Waals surface area (Å²) in [7, 11) is 1.80. The second kappa shape index (κ2) is 3.86. The molecule has 2 aromatic heterocycles. The number of hydrogen-bond acceptors (Lipinski definition) is 2. The number of nitrogens with zero attached hydrogens (tertiary/aromatic N) is 1. The van der Waals surface area contributed by atoms with Gasteiger partial charge in [-0.25, -0.2) is 0 Å². The van der Waals surface area contributed by atoms with Crippen LogP contribution < -0.4 is 5.56 Å². The summed E-state index contributed by atoms with van der Waals surface area (Å²) in [5.41, 5.74) is 1.18. The Labute approximate surface area is 103 Å². The zero-order valence-electron chi connectivity index (χ0n) is 9.38. The molecule has 0 unspecified atom stereocenters. The summed E-state index contributed by atoms with van der Waals surface area (Å²) in [6.45, 7) is 0. The van der Waals surface area contributed by atoms with Gasteiger partial charge in [-0.3, -0.25) is 4.79 Å². The minimum absolute atomic E-state index is 0.0564. The Bertz CT molecular complexity index is 726. The zero-order chi connectivity index (χ0) is 11.8. The molecule has 1 aromatic carbocycles. The summed E-state index contributed by atoms with van der Waals surface area (Å²) in [4.78, 5) is 13.2. The fraction of sp³-hybridized carbons (Fsp3) is 0.0714. The smallest absolute Gasteiger partial charge is 0.258 e. The first-order valence-electron chi connectivity index (χ1n) is 5.39. The molecule has 0 N–H and O–H groups in total. The third kappa shape index (κ3) is 1.59. The fourth-order valence-electron chi connectivity index (χ4n) is 2.04. The number of aromatic nitrogens is 1. The third-order valence-corrected chi connectivity index (χ3v) is 3.78. The summed E-state index contributed by atoms with van der Waals surface area (Å²) in [6, 6.07) is 11.9. The molecule has 0 aliphatic rings. The van der Waals surface area contributed by atoms with Crippen molar-refractivity contribution in [2.45, 2.75) is 0 Å². The number of thiophene rings is 1. The van der Waals surface area contributed by atoms with Crippen LogP contribution in [-0.4, -0.2) is 4.57 Å². The zero-order valence-corrected chi connectivity index (χ0v) is 10.2. The number of hydrogen-bond donors (Lipinski definition) is 0. The second-order valence-corrected chi connectivity index (χ2v) is 4.93. The predicted molar refractivity (Wildman–Crippen MR) is 72.5 cm³/mol. The lowest BCUT2D eigenvalue weighted by Crippen LogP contribution is -2.16. The Balaban J connectivity index is 2.48. The molecule has 2 nitrogen and oxygen atoms in total. The van der Waals surface area contributed by atoms with Gasteiger partial charge in [0.05, 0.1) is 0 Å². The lowest BCUT2D eigenvalue weighted by atomic mass is 10.1. The van der Waals surface area contributed by atoms with Crippen LogP contribution >= 0.6 is 11.3 Å². The summed E-state index contributed by atoms with van der Waals surface area (Å²) in [5, 5.41) is 3.86. The van der Waals surface area contributed by atoms with Crippen LogP contribution in [0.3, 0.4) is 0 Å². The van der Waals surface area contributed by atoms with Crippen LogP contribution in [0.4, 0.5) is 0 Å². The van der Waals surface area contributed by atoms with Gasteiger partial charge in [0.15, 0.2) is 0 Å². The number of fused-ring (bicyclic) bond motifs is 1. The van der Waals surface area contributed by atoms with Gasteiger partial charge < -0.3 is 4.57 Å². The van der Waals surface area contributed by atoms with E-state index in [1.807, 2.05) is 36.5 Å². The van der Waals surface area contributed by atoms with E-state index in [4.69, 9.17) is 0 Å². The molecule has 84 valence electrons. The number of pyridine rings is 1. The minimum atomic E-state index is 0.0564. The van der Waals surface area contributed by atoms with Crippen LogP contribution in [0.1, 0.15) is 0 Å². The van der Waals surface area contributed by atoms with E-state index in [0.717, 1.165) is 16.3 Å². The molecule has 0 radical (unpaired) electrons. The van der Waals surface area contributed by atoms with E-state index in [1.54, 1.807) is 23.0 Å². The van der Waals surface area contributed by atoms with Crippen LogP contribution in [0, 0.1) is 0 Å². The van der Waals surface area contributed by atoms with E-state index >= 15 is 0 Å². The average molecular weight is 241 g/mol. The molecule has 2 heterocycles. The lowest BCUT2D eigenvalue weighted by Gasteiger charge is -2.07. The van der Waals surface area contributed by atoms with Crippen molar-refractivity contribution >= 4 is 22.1 Å². The van der Waals surface area contributed by atoms with Crippen LogP contribution in [0.25, 0.3) is 21.2 Å². The Morgan fingerprint density at radius 2 is 1.82 bits per heavy atom. The van der Waals surface area contributed by atoms with E-state index in [0.29, 0.717) is 0 Å². The topological polar surface area (TPSA) is 22.0 Å². The highest BCUT2D eigenvalue weighted by molar-refractivity contribution is 7.13. The van der Waals surface area contributed by atoms with Gasteiger partial charge in [-0.1, -0.05) is 24.3 Å². The summed E-state index contributed by atoms with van der Waals surface area (Å²) < 4.78 is 1.65. The van der Waals surface area contributed by atoms with E-state index < -0.39 is 0 Å². The fourth-order valence-corrected chi connectivity index (χ4v) is 2.79. The molecule has 3 heteroatoms. The molecule has 0 saturated carbocycles. The van der Waals surface area contributed by atoms with Crippen molar-refractivity contribution < 1.29 is 0 Å². The molecule has 17 heavy (non-hydrogen) atoms. The third-order valence-electron chi connectivity index (χ3n) is 2.88. The summed E-state index contributed by atoms with van der Waals surface area (Å²) in [5.74, 6) is 0. The standard InChI is InChI=1S/C14H11NOS/c1-15-9-12(13-7-4-8-17-13)10-5-2-3-6-11(10)14(15)16/h2-9H,1H3. The molecule has 0 amide bonds. The van der Waals surface area contributed by atoms with Gasteiger partial charge in [0, 0.05) is 29.1 Å². The van der Waals surface area contributed by atoms with Crippen molar-refractivity contribution in [3.63, 3.8) is 0 Å². The second-order valence-electron chi connectivity index (χ2n) is 3.98. The molecule has 0 saturated heterocycles. The maximum Gasteiger partial charge on any atom is 0.258 e. The van der Waals surface area contributed by atoms with Gasteiger partial charge in [0.1, 0.15) is 0 Å². The maximum atomic E-state index is 12.0. The van der Waals surface area contributed by atoms with Gasteiger partial charge in [0.2, 0.25) is 0 Å². The Kier molecular flexibility index (Phi) is 2.34. The predicted octanol–water partition coefficient (Wildman–Crippen LogP) is 3.27. The molecule has 3 aromatic rings. The monoisotopic (exact) mass is 241 g/mol. The highest BCUT2D eigenvalue weighted by Gasteiger charge is 2.08. The molecule has 3 rings (SSSR count). The van der Waals surface area contributed by atoms with E-state index in [2.05, 4.69) is 11.4 Å². The van der Waals surface area contributed by atoms with Gasteiger partial charge in [-0.2, -0.15) is 0 Å². The van der Waals surface area contributed by atoms with Crippen LogP contribution in [0.5, 0.6) is 0 Å². The van der Waals surface area contributed by atoms with Crippen molar-refractivity contribution in [3.8, 4) is 10.4 Å². The first kappa shape index (κ1) is 10.3. The number of benzene rings is 1. The first-order valence-corrected chi connectivity index (χ1v) is 6.27. The van der Waals surface area contributed by atoms with Crippen molar-refractivity contribution in [2.75, 3.05) is 0 Å². The SMILES string of the molecule is Cn1cc(-c2cccs2)c2ccccc2c1=O. The van der Waals surface area contributed by atoms with E-state index in [9.17, 15) is 4.79 Å². The minimum Gasteiger partial charge on any atom is -0.317 e. The molecular weight excluding hydrogens is 230 g/mol. The molecule has 0 atom stereocenters. The maximum absolute atomic E-state index is 12.0. The molecule has 0 aliphatic carbocycles. The van der Waals surface area contributed by atoms with Crippen molar-refractivity contribution in [3.05, 3.63) is 58.3 Å². The normalized spacial score (nSPS) is 10.9. The van der Waals surface area contributed by atoms with Gasteiger partial charge >= 0.3 is 0 Å². The molecule has 0 aliphatic heterocycles. The number of rotatable bonds is 1. The molecule has 0 bridgehead atoms. The quantitative estimate of drug-likeness (QED) is 0.641. The summed E-state index contributed by atoms with van der Waals surface area (Å²) >= 11 is 1.69. The first-order chi connectivity index (χ1) is 8.27. The van der Waals surface area contributed by atoms with Crippen molar-refractivity contribution in [1.82, 2.24) is 4.57 Å². The average Bonchev–Trinajstić information content (AvgIpc) is 2.87. The Hall–Kier alpha value is -1.87. The van der Waals surface area contributed by atoms with Crippen molar-refractivity contribution in [1.29, 1.82) is 0 Å². The molecule has 0 fully saturated rings. The summed E-state index contributed by atoms with van der Waals surface area (Å²) in [6.07, 6.45) is 1.91. The largest absolute Gasteiger partial charge is 0.317 e. The van der Waals surface area contributed by atoms with Crippen molar-refractivity contribution in [2.24, 2.45) is 7.05 Å². The molecule has 0 spiro atoms. The van der Waals surface area contributed by atoms with Crippen LogP contribution in [-0.2, 0) is 7.05 Å². The van der Waals surface area contributed by atoms with Gasteiger partial charge in [-0.05, 0) is 22.9 Å². The lowest BCUT2D eigenvalue weighted by molar-refractivity contribution is 0.875. The Morgan fingerprint density at radius 1 is 1.06 bits per heavy atom. The highest BCUT2D eigenvalue weighted by Crippen LogP contribution is 2.29. The van der Waals surface area contributed by atoms with Crippen LogP contribution in [0.2, 0.25) is 0 Å². The molecular formula is C14H11NOS. The van der Waals surface area contributed by atoms with Crippen LogP contribution in [0.15, 0.2) is 52.8 Å². The highest BCUT2D eigenvalue weighted by atomic mass is 32.1. The van der Waals surface area contributed by atoms with Gasteiger partial charge in [-0.15, -0.1) is 11.3 Å².